The van der Waals surface area contributed by atoms with Gasteiger partial charge in [0.1, 0.15) is 5.75 Å². The van der Waals surface area contributed by atoms with Gasteiger partial charge in [0.25, 0.3) is 11.6 Å². The van der Waals surface area contributed by atoms with Crippen LogP contribution in [0.1, 0.15) is 5.56 Å². The van der Waals surface area contributed by atoms with Crippen LogP contribution >= 0.6 is 39.3 Å². The molecule has 10 heteroatoms. The van der Waals surface area contributed by atoms with Crippen molar-refractivity contribution >= 4 is 67.8 Å². The number of para-hydroxylation sites is 1. The van der Waals surface area contributed by atoms with Crippen molar-refractivity contribution in [2.45, 2.75) is 0 Å². The fraction of sp³-hybridized carbons (Fsp3) is 0. The molecule has 0 radical (unpaired) electrons. The predicted octanol–water partition coefficient (Wildman–Crippen LogP) is 4.61. The number of non-ortho nitro benzene ring substituents is 1. The summed E-state index contributed by atoms with van der Waals surface area (Å²) in [5.74, 6) is -0.629. The molecule has 1 aliphatic rings. The molecule has 1 aliphatic heterocycles. The summed E-state index contributed by atoms with van der Waals surface area (Å²) >= 11 is 10.2. The fourth-order valence-corrected chi connectivity index (χ4v) is 3.56. The largest absolute Gasteiger partial charge is 0.506 e. The first-order valence-corrected chi connectivity index (χ1v) is 9.05. The molecule has 0 spiro atoms. The molecule has 1 fully saturated rings. The Morgan fingerprint density at radius 2 is 2.08 bits per heavy atom. The number of nitrogens with one attached hydrogen (secondary N) is 1. The molecule has 0 bridgehead atoms. The number of phenolic OH excluding ortho intramolecular Hbond substituents is 1. The summed E-state index contributed by atoms with van der Waals surface area (Å²) in [5, 5.41) is 24.4. The Balaban J connectivity index is 1.95. The number of aliphatic imine (C=N–C) groups is 1. The molecule has 0 aromatic heterocycles. The molecular weight excluding hydrogens is 446 g/mol. The molecular formula is C16H9BrClN3O4S. The van der Waals surface area contributed by atoms with Crippen LogP contribution in [-0.4, -0.2) is 21.1 Å². The van der Waals surface area contributed by atoms with Gasteiger partial charge in [-0.1, -0.05) is 23.7 Å². The van der Waals surface area contributed by atoms with Crippen molar-refractivity contribution in [3.05, 3.63) is 66.5 Å². The van der Waals surface area contributed by atoms with Gasteiger partial charge in [0.15, 0.2) is 5.17 Å². The average molecular weight is 455 g/mol. The minimum absolute atomic E-state index is 0.141. The number of benzene rings is 2. The van der Waals surface area contributed by atoms with Crippen molar-refractivity contribution in [2.75, 3.05) is 0 Å². The number of nitrogens with zero attached hydrogens (tertiary/aromatic N) is 2. The third-order valence-electron chi connectivity index (χ3n) is 3.30. The Hall–Kier alpha value is -2.36. The van der Waals surface area contributed by atoms with Crippen molar-refractivity contribution in [1.29, 1.82) is 0 Å². The number of hydrogen-bond donors (Lipinski definition) is 2. The van der Waals surface area contributed by atoms with Gasteiger partial charge >= 0.3 is 0 Å². The van der Waals surface area contributed by atoms with Crippen molar-refractivity contribution in [3.63, 3.8) is 0 Å². The second-order valence-corrected chi connectivity index (χ2v) is 7.35. The minimum Gasteiger partial charge on any atom is -0.506 e. The lowest BCUT2D eigenvalue weighted by Gasteiger charge is -2.03. The maximum atomic E-state index is 12.1. The maximum absolute atomic E-state index is 12.1. The summed E-state index contributed by atoms with van der Waals surface area (Å²) in [6, 6.07) is 9.28. The molecule has 0 aliphatic carbocycles. The molecule has 132 valence electrons. The summed E-state index contributed by atoms with van der Waals surface area (Å²) in [7, 11) is 0. The van der Waals surface area contributed by atoms with Crippen molar-refractivity contribution in [2.24, 2.45) is 4.99 Å². The number of amides is 1. The first kappa shape index (κ1) is 18.4. The van der Waals surface area contributed by atoms with E-state index < -0.39 is 10.8 Å². The van der Waals surface area contributed by atoms with Crippen LogP contribution in [0.15, 0.2) is 50.8 Å². The van der Waals surface area contributed by atoms with Crippen LogP contribution in [0.3, 0.4) is 0 Å². The molecule has 1 amide bonds. The van der Waals surface area contributed by atoms with Gasteiger partial charge in [0.2, 0.25) is 0 Å². The highest BCUT2D eigenvalue weighted by atomic mass is 79.9. The molecule has 0 saturated carbocycles. The van der Waals surface area contributed by atoms with Crippen LogP contribution in [0, 0.1) is 10.1 Å². The van der Waals surface area contributed by atoms with Crippen molar-refractivity contribution in [3.8, 4) is 5.75 Å². The number of aromatic hydroxyl groups is 1. The number of hydrogen-bond acceptors (Lipinski definition) is 6. The zero-order chi connectivity index (χ0) is 18.8. The second kappa shape index (κ2) is 7.48. The van der Waals surface area contributed by atoms with Gasteiger partial charge in [-0.3, -0.25) is 14.9 Å². The monoisotopic (exact) mass is 453 g/mol. The quantitative estimate of drug-likeness (QED) is 0.400. The number of carbonyl (C=O) groups is 1. The smallest absolute Gasteiger partial charge is 0.271 e. The highest BCUT2D eigenvalue weighted by molar-refractivity contribution is 9.10. The standard InChI is InChI=1S/C16H9BrClN3O4S/c17-10-7-9(21(24)25)5-8(14(10)22)6-13-15(23)20-16(26-13)19-12-4-2-1-3-11(12)18/h1-7,22H,(H,19,20,23)/b13-6+. The number of phenols is 1. The topological polar surface area (TPSA) is 105 Å². The molecule has 1 heterocycles. The maximum Gasteiger partial charge on any atom is 0.271 e. The van der Waals surface area contributed by atoms with E-state index in [4.69, 9.17) is 11.6 Å². The molecule has 2 aromatic rings. The minimum atomic E-state index is -0.585. The summed E-state index contributed by atoms with van der Waals surface area (Å²) in [6.07, 6.45) is 1.36. The third-order valence-corrected chi connectivity index (χ3v) is 5.13. The van der Waals surface area contributed by atoms with Gasteiger partial charge in [0.05, 0.1) is 25.0 Å². The molecule has 2 N–H and O–H groups in total. The lowest BCUT2D eigenvalue weighted by Crippen LogP contribution is -2.19. The first-order valence-electron chi connectivity index (χ1n) is 7.06. The Labute approximate surface area is 165 Å². The Morgan fingerprint density at radius 1 is 1.35 bits per heavy atom. The van der Waals surface area contributed by atoms with Gasteiger partial charge in [-0.05, 0) is 45.9 Å². The Morgan fingerprint density at radius 3 is 2.77 bits per heavy atom. The van der Waals surface area contributed by atoms with Crippen LogP contribution in [0.25, 0.3) is 6.08 Å². The Kier molecular flexibility index (Phi) is 5.30. The zero-order valence-electron chi connectivity index (χ0n) is 12.8. The van der Waals surface area contributed by atoms with Crippen LogP contribution in [0.4, 0.5) is 11.4 Å². The van der Waals surface area contributed by atoms with E-state index in [9.17, 15) is 20.0 Å². The molecule has 7 nitrogen and oxygen atoms in total. The second-order valence-electron chi connectivity index (χ2n) is 5.06. The molecule has 26 heavy (non-hydrogen) atoms. The number of rotatable bonds is 3. The van der Waals surface area contributed by atoms with Gasteiger partial charge in [-0.15, -0.1) is 0 Å². The lowest BCUT2D eigenvalue weighted by molar-refractivity contribution is -0.385. The van der Waals surface area contributed by atoms with Crippen molar-refractivity contribution < 1.29 is 14.8 Å². The predicted molar refractivity (Wildman–Crippen MR) is 105 cm³/mol. The van der Waals surface area contributed by atoms with Gasteiger partial charge in [-0.2, -0.15) is 0 Å². The number of halogens is 2. The average Bonchev–Trinajstić information content (AvgIpc) is 2.93. The summed E-state index contributed by atoms with van der Waals surface area (Å²) in [6.45, 7) is 0. The van der Waals surface area contributed by atoms with Crippen LogP contribution in [-0.2, 0) is 4.79 Å². The van der Waals surface area contributed by atoms with Gasteiger partial charge in [0, 0.05) is 17.7 Å². The van der Waals surface area contributed by atoms with E-state index in [1.807, 2.05) is 0 Å². The van der Waals surface area contributed by atoms with E-state index in [-0.39, 0.29) is 26.4 Å². The van der Waals surface area contributed by atoms with Crippen LogP contribution < -0.4 is 5.32 Å². The fourth-order valence-electron chi connectivity index (χ4n) is 2.09. The number of carbonyl (C=O) groups excluding carboxylic acids is 1. The van der Waals surface area contributed by atoms with E-state index in [0.29, 0.717) is 15.9 Å². The Bertz CT molecular complexity index is 993. The number of thioether (sulfide) groups is 1. The number of nitro groups is 1. The zero-order valence-corrected chi connectivity index (χ0v) is 15.9. The summed E-state index contributed by atoms with van der Waals surface area (Å²) in [5.41, 5.74) is 0.428. The van der Waals surface area contributed by atoms with E-state index >= 15 is 0 Å². The number of nitro benzene ring substituents is 1. The highest BCUT2D eigenvalue weighted by Gasteiger charge is 2.25. The molecule has 3 rings (SSSR count). The van der Waals surface area contributed by atoms with Crippen molar-refractivity contribution in [1.82, 2.24) is 5.32 Å². The lowest BCUT2D eigenvalue weighted by atomic mass is 10.1. The highest BCUT2D eigenvalue weighted by Crippen LogP contribution is 2.36. The van der Waals surface area contributed by atoms with E-state index in [1.54, 1.807) is 24.3 Å². The molecule has 0 atom stereocenters. The summed E-state index contributed by atoms with van der Waals surface area (Å²) in [4.78, 5) is 27.0. The molecule has 2 aromatic carbocycles. The van der Waals surface area contributed by atoms with Gasteiger partial charge < -0.3 is 10.4 Å². The van der Waals surface area contributed by atoms with Crippen LogP contribution in [0.2, 0.25) is 5.02 Å². The number of amidine groups is 1. The third kappa shape index (κ3) is 3.90. The van der Waals surface area contributed by atoms with E-state index in [0.717, 1.165) is 11.8 Å². The van der Waals surface area contributed by atoms with E-state index in [2.05, 4.69) is 26.2 Å². The SMILES string of the molecule is O=C1NC(=Nc2ccccc2Cl)S/C1=C/c1cc([N+](=O)[O-])cc(Br)c1O. The first-order chi connectivity index (χ1) is 12.3. The normalized spacial score (nSPS) is 16.9. The summed E-state index contributed by atoms with van der Waals surface area (Å²) < 4.78 is 0.159. The molecule has 0 unspecified atom stereocenters. The van der Waals surface area contributed by atoms with E-state index in [1.165, 1.54) is 18.2 Å². The molecule has 1 saturated heterocycles. The van der Waals surface area contributed by atoms with Crippen LogP contribution in [0.5, 0.6) is 5.75 Å². The van der Waals surface area contributed by atoms with Gasteiger partial charge in [-0.25, -0.2) is 4.99 Å².